The Balaban J connectivity index is 1.56. The van der Waals surface area contributed by atoms with Crippen molar-refractivity contribution in [3.63, 3.8) is 0 Å². The molecule has 0 bridgehead atoms. The van der Waals surface area contributed by atoms with Gasteiger partial charge in [0.2, 0.25) is 23.7 Å². The maximum atomic E-state index is 12.0. The Kier molecular flexibility index (Phi) is 6.85. The molecule has 0 saturated heterocycles. The maximum absolute atomic E-state index is 12.0. The molecule has 12 nitrogen and oxygen atoms in total. The summed E-state index contributed by atoms with van der Waals surface area (Å²) in [6.07, 6.45) is 3.12. The summed E-state index contributed by atoms with van der Waals surface area (Å²) >= 11 is 1.09. The number of benzene rings is 1. The summed E-state index contributed by atoms with van der Waals surface area (Å²) in [7, 11) is 0. The molecule has 1 aromatic heterocycles. The number of hydrogen-bond acceptors (Lipinski definition) is 10. The molecule has 0 atom stereocenters. The quantitative estimate of drug-likeness (QED) is 0.344. The normalized spacial score (nSPS) is 12.2. The van der Waals surface area contributed by atoms with Crippen molar-refractivity contribution >= 4 is 40.2 Å². The predicted octanol–water partition coefficient (Wildman–Crippen LogP) is 2.00. The minimum Gasteiger partial charge on any atom is -0.454 e. The molecule has 1 aliphatic rings. The molecule has 30 heavy (non-hydrogen) atoms. The second-order valence-corrected chi connectivity index (χ2v) is 7.21. The number of amides is 2. The summed E-state index contributed by atoms with van der Waals surface area (Å²) in [5, 5.41) is 26.0. The number of fused-ring (bicyclic) bond motifs is 1. The third-order valence-corrected chi connectivity index (χ3v) is 4.73. The molecule has 2 heterocycles. The van der Waals surface area contributed by atoms with Crippen LogP contribution in [0.5, 0.6) is 11.5 Å². The van der Waals surface area contributed by atoms with E-state index in [0.29, 0.717) is 22.3 Å². The van der Waals surface area contributed by atoms with Gasteiger partial charge in [0.1, 0.15) is 5.01 Å². The first kappa shape index (κ1) is 21.1. The number of nitro groups is 1. The van der Waals surface area contributed by atoms with Crippen LogP contribution in [0, 0.1) is 10.1 Å². The molecular formula is C17H18N6O6S. The molecule has 0 radical (unpaired) electrons. The number of nitro benzene ring substituents is 1. The maximum Gasteiger partial charge on any atom is 0.282 e. The van der Waals surface area contributed by atoms with Gasteiger partial charge in [-0.1, -0.05) is 24.7 Å². The minimum atomic E-state index is -0.581. The molecular weight excluding hydrogens is 416 g/mol. The molecule has 1 aromatic carbocycles. The fraction of sp³-hybridized carbons (Fsp3) is 0.353. The van der Waals surface area contributed by atoms with E-state index in [9.17, 15) is 19.7 Å². The van der Waals surface area contributed by atoms with Crippen molar-refractivity contribution in [1.82, 2.24) is 15.6 Å². The van der Waals surface area contributed by atoms with Gasteiger partial charge >= 0.3 is 0 Å². The molecule has 1 aliphatic heterocycles. The van der Waals surface area contributed by atoms with Gasteiger partial charge in [-0.3, -0.25) is 19.7 Å². The summed E-state index contributed by atoms with van der Waals surface area (Å²) in [5.74, 6) is -0.0129. The van der Waals surface area contributed by atoms with Gasteiger partial charge in [0.15, 0.2) is 11.5 Å². The fourth-order valence-corrected chi connectivity index (χ4v) is 3.21. The Morgan fingerprint density at radius 2 is 2.07 bits per heavy atom. The molecule has 13 heteroatoms. The molecule has 158 valence electrons. The lowest BCUT2D eigenvalue weighted by Gasteiger charge is -2.01. The summed E-state index contributed by atoms with van der Waals surface area (Å²) in [5.41, 5.74) is 2.20. The average Bonchev–Trinajstić information content (AvgIpc) is 3.34. The monoisotopic (exact) mass is 434 g/mol. The molecule has 0 aliphatic carbocycles. The molecule has 2 amide bonds. The SMILES string of the molecule is CCCCC(=O)Nc1nnc(CC(=O)N/N=C\c2cc3c(cc2[N+](=O)[O-])OCO3)s1. The van der Waals surface area contributed by atoms with Gasteiger partial charge in [-0.25, -0.2) is 5.43 Å². The van der Waals surface area contributed by atoms with E-state index in [1.165, 1.54) is 12.1 Å². The number of carbonyl (C=O) groups excluding carboxylic acids is 2. The Morgan fingerprint density at radius 1 is 1.30 bits per heavy atom. The van der Waals surface area contributed by atoms with Crippen molar-refractivity contribution in [1.29, 1.82) is 0 Å². The van der Waals surface area contributed by atoms with E-state index in [4.69, 9.17) is 9.47 Å². The summed E-state index contributed by atoms with van der Waals surface area (Å²) in [4.78, 5) is 34.4. The van der Waals surface area contributed by atoms with E-state index in [2.05, 4.69) is 26.0 Å². The van der Waals surface area contributed by atoms with Gasteiger partial charge < -0.3 is 14.8 Å². The van der Waals surface area contributed by atoms with Gasteiger partial charge in [-0.15, -0.1) is 10.2 Å². The largest absolute Gasteiger partial charge is 0.454 e. The van der Waals surface area contributed by atoms with Crippen LogP contribution in [0.3, 0.4) is 0 Å². The van der Waals surface area contributed by atoms with Crippen LogP contribution in [0.25, 0.3) is 0 Å². The van der Waals surface area contributed by atoms with E-state index >= 15 is 0 Å². The highest BCUT2D eigenvalue weighted by Crippen LogP contribution is 2.37. The van der Waals surface area contributed by atoms with Crippen molar-refractivity contribution in [2.45, 2.75) is 32.6 Å². The smallest absolute Gasteiger partial charge is 0.282 e. The van der Waals surface area contributed by atoms with Crippen molar-refractivity contribution in [3.05, 3.63) is 32.8 Å². The number of nitrogens with one attached hydrogen (secondary N) is 2. The highest BCUT2D eigenvalue weighted by atomic mass is 32.1. The lowest BCUT2D eigenvalue weighted by molar-refractivity contribution is -0.385. The van der Waals surface area contributed by atoms with Crippen molar-refractivity contribution < 1.29 is 24.0 Å². The van der Waals surface area contributed by atoms with Gasteiger partial charge in [-0.2, -0.15) is 5.10 Å². The van der Waals surface area contributed by atoms with Gasteiger partial charge in [-0.05, 0) is 12.5 Å². The molecule has 0 saturated carbocycles. The zero-order valence-corrected chi connectivity index (χ0v) is 16.7. The number of unbranched alkanes of at least 4 members (excludes halogenated alkanes) is 1. The number of hydrazone groups is 1. The number of nitrogens with zero attached hydrogens (tertiary/aromatic N) is 4. The highest BCUT2D eigenvalue weighted by molar-refractivity contribution is 7.15. The minimum absolute atomic E-state index is 0.0211. The van der Waals surface area contributed by atoms with E-state index in [1.807, 2.05) is 6.92 Å². The summed E-state index contributed by atoms with van der Waals surface area (Å²) in [6.45, 7) is 1.97. The Bertz CT molecular complexity index is 991. The molecule has 0 unspecified atom stereocenters. The molecule has 3 rings (SSSR count). The second-order valence-electron chi connectivity index (χ2n) is 6.14. The lowest BCUT2D eigenvalue weighted by Crippen LogP contribution is -2.19. The Labute approximate surface area is 174 Å². The van der Waals surface area contributed by atoms with Gasteiger partial charge in [0.25, 0.3) is 5.69 Å². The van der Waals surface area contributed by atoms with Crippen LogP contribution in [-0.2, 0) is 16.0 Å². The number of hydrogen-bond donors (Lipinski definition) is 2. The van der Waals surface area contributed by atoms with Gasteiger partial charge in [0, 0.05) is 6.42 Å². The van der Waals surface area contributed by atoms with Crippen LogP contribution in [0.4, 0.5) is 10.8 Å². The zero-order chi connectivity index (χ0) is 21.5. The molecule has 2 aromatic rings. The predicted molar refractivity (Wildman–Crippen MR) is 107 cm³/mol. The number of carbonyl (C=O) groups is 2. The second kappa shape index (κ2) is 9.73. The lowest BCUT2D eigenvalue weighted by atomic mass is 10.1. The van der Waals surface area contributed by atoms with E-state index in [0.717, 1.165) is 30.4 Å². The van der Waals surface area contributed by atoms with E-state index in [-0.39, 0.29) is 36.1 Å². The number of anilines is 1. The van der Waals surface area contributed by atoms with Crippen LogP contribution in [-0.4, -0.2) is 39.9 Å². The average molecular weight is 434 g/mol. The fourth-order valence-electron chi connectivity index (χ4n) is 2.45. The zero-order valence-electron chi connectivity index (χ0n) is 15.9. The van der Waals surface area contributed by atoms with Crippen molar-refractivity contribution in [3.8, 4) is 11.5 Å². The Morgan fingerprint density at radius 3 is 2.80 bits per heavy atom. The Hall–Kier alpha value is -3.61. The standard InChI is InChI=1S/C17H18N6O6S/c1-2-3-4-14(24)19-17-22-21-16(30-17)7-15(25)20-18-8-10-5-12-13(29-9-28-12)6-11(10)23(26)27/h5-6,8H,2-4,7,9H2,1H3,(H,20,25)(H,19,22,24)/b18-8-. The van der Waals surface area contributed by atoms with Crippen LogP contribution < -0.4 is 20.2 Å². The van der Waals surface area contributed by atoms with E-state index < -0.39 is 10.8 Å². The first-order chi connectivity index (χ1) is 14.5. The topological polar surface area (TPSA) is 158 Å². The first-order valence-electron chi connectivity index (χ1n) is 8.98. The summed E-state index contributed by atoms with van der Waals surface area (Å²) < 4.78 is 10.3. The summed E-state index contributed by atoms with van der Waals surface area (Å²) in [6, 6.07) is 2.65. The highest BCUT2D eigenvalue weighted by Gasteiger charge is 2.22. The van der Waals surface area contributed by atoms with Gasteiger partial charge in [0.05, 0.1) is 29.2 Å². The molecule has 0 spiro atoms. The number of rotatable bonds is 9. The molecule has 0 fully saturated rings. The number of aromatic nitrogens is 2. The van der Waals surface area contributed by atoms with Crippen LogP contribution in [0.1, 0.15) is 36.8 Å². The third-order valence-electron chi connectivity index (χ3n) is 3.89. The van der Waals surface area contributed by atoms with Crippen molar-refractivity contribution in [2.24, 2.45) is 5.10 Å². The van der Waals surface area contributed by atoms with Crippen LogP contribution in [0.15, 0.2) is 17.2 Å². The van der Waals surface area contributed by atoms with Crippen LogP contribution >= 0.6 is 11.3 Å². The first-order valence-corrected chi connectivity index (χ1v) is 9.80. The number of ether oxygens (including phenoxy) is 2. The van der Waals surface area contributed by atoms with Crippen LogP contribution in [0.2, 0.25) is 0 Å². The third kappa shape index (κ3) is 5.47. The molecule has 2 N–H and O–H groups in total. The van der Waals surface area contributed by atoms with Crippen molar-refractivity contribution in [2.75, 3.05) is 12.1 Å². The van der Waals surface area contributed by atoms with E-state index in [1.54, 1.807) is 0 Å².